The van der Waals surface area contributed by atoms with Crippen LogP contribution in [0.4, 0.5) is 0 Å². The van der Waals surface area contributed by atoms with Gasteiger partial charge in [0.15, 0.2) is 5.78 Å². The van der Waals surface area contributed by atoms with Crippen molar-refractivity contribution in [2.45, 2.75) is 44.8 Å². The summed E-state index contributed by atoms with van der Waals surface area (Å²) < 4.78 is 0. The van der Waals surface area contributed by atoms with E-state index in [-0.39, 0.29) is 29.5 Å². The second-order valence-electron chi connectivity index (χ2n) is 9.10. The van der Waals surface area contributed by atoms with Crippen LogP contribution in [0.15, 0.2) is 71.9 Å². The van der Waals surface area contributed by atoms with E-state index in [2.05, 4.69) is 78.5 Å². The van der Waals surface area contributed by atoms with Gasteiger partial charge in [-0.05, 0) is 23.0 Å². The number of carbonyl (C=O) groups excluding carboxylic acids is 1. The van der Waals surface area contributed by atoms with Gasteiger partial charge in [0.05, 0.1) is 12.2 Å². The number of nitrogens with one attached hydrogen (secondary N) is 3. The molecule has 0 spiro atoms. The van der Waals surface area contributed by atoms with Crippen molar-refractivity contribution >= 4 is 5.78 Å². The Bertz CT molecular complexity index is 919. The number of fused-ring (bicyclic) bond motifs is 1. The first-order chi connectivity index (χ1) is 13.5. The number of allylic oxidation sites excluding steroid dienone is 2. The van der Waals surface area contributed by atoms with Gasteiger partial charge in [0.2, 0.25) is 0 Å². The minimum absolute atomic E-state index is 0.00184. The van der Waals surface area contributed by atoms with Gasteiger partial charge in [0.1, 0.15) is 0 Å². The standard InChI is InChI=1S/C24H27N3O/c1-24(2)13-17-20(18(28)14-24)19(15-9-5-3-6-10-15)21-22(26-27-23(21)25-17)16-11-7-4-8-12-16/h3-12,19,21-23,25-27H,13-14H2,1-2H3. The van der Waals surface area contributed by atoms with Gasteiger partial charge < -0.3 is 5.32 Å². The van der Waals surface area contributed by atoms with E-state index in [4.69, 9.17) is 0 Å². The lowest BCUT2D eigenvalue weighted by atomic mass is 9.65. The first-order valence-corrected chi connectivity index (χ1v) is 10.2. The van der Waals surface area contributed by atoms with Crippen LogP contribution in [0.25, 0.3) is 0 Å². The summed E-state index contributed by atoms with van der Waals surface area (Å²) in [5.41, 5.74) is 11.6. The average molecular weight is 374 g/mol. The molecular formula is C24H27N3O. The Kier molecular flexibility index (Phi) is 4.14. The van der Waals surface area contributed by atoms with E-state index in [1.54, 1.807) is 0 Å². The fourth-order valence-electron chi connectivity index (χ4n) is 5.30. The van der Waals surface area contributed by atoms with Gasteiger partial charge in [-0.1, -0.05) is 74.5 Å². The molecule has 0 radical (unpaired) electrons. The van der Waals surface area contributed by atoms with Crippen LogP contribution < -0.4 is 16.2 Å². The third kappa shape index (κ3) is 2.88. The van der Waals surface area contributed by atoms with Gasteiger partial charge in [0.25, 0.3) is 0 Å². The van der Waals surface area contributed by atoms with Crippen LogP contribution in [0, 0.1) is 11.3 Å². The van der Waals surface area contributed by atoms with Gasteiger partial charge >= 0.3 is 0 Å². The number of hydrazine groups is 1. The number of rotatable bonds is 2. The van der Waals surface area contributed by atoms with Crippen molar-refractivity contribution < 1.29 is 4.79 Å². The third-order valence-corrected chi connectivity index (χ3v) is 6.43. The summed E-state index contributed by atoms with van der Waals surface area (Å²) in [6, 6.07) is 21.2. The van der Waals surface area contributed by atoms with Crippen molar-refractivity contribution in [3.8, 4) is 0 Å². The molecule has 4 atom stereocenters. The fraction of sp³-hybridized carbons (Fsp3) is 0.375. The monoisotopic (exact) mass is 373 g/mol. The number of hydrogen-bond acceptors (Lipinski definition) is 4. The van der Waals surface area contributed by atoms with Crippen molar-refractivity contribution in [1.82, 2.24) is 16.2 Å². The molecule has 2 aromatic carbocycles. The highest BCUT2D eigenvalue weighted by atomic mass is 16.1. The Morgan fingerprint density at radius 1 is 0.857 bits per heavy atom. The van der Waals surface area contributed by atoms with Crippen molar-refractivity contribution in [3.63, 3.8) is 0 Å². The van der Waals surface area contributed by atoms with Crippen LogP contribution in [-0.2, 0) is 4.79 Å². The minimum Gasteiger partial charge on any atom is -0.371 e. The van der Waals surface area contributed by atoms with Crippen molar-refractivity contribution in [2.24, 2.45) is 11.3 Å². The van der Waals surface area contributed by atoms with Gasteiger partial charge in [-0.15, -0.1) is 0 Å². The summed E-state index contributed by atoms with van der Waals surface area (Å²) in [7, 11) is 0. The lowest BCUT2D eigenvalue weighted by molar-refractivity contribution is -0.118. The molecule has 144 valence electrons. The molecule has 3 N–H and O–H groups in total. The molecule has 28 heavy (non-hydrogen) atoms. The molecule has 0 aromatic heterocycles. The Labute approximate surface area is 166 Å². The molecule has 1 saturated heterocycles. The zero-order valence-electron chi connectivity index (χ0n) is 16.4. The Balaban J connectivity index is 1.65. The number of ketones is 1. The highest BCUT2D eigenvalue weighted by Gasteiger charge is 2.51. The summed E-state index contributed by atoms with van der Waals surface area (Å²) in [6.07, 6.45) is 1.62. The molecule has 4 heteroatoms. The maximum absolute atomic E-state index is 13.3. The first kappa shape index (κ1) is 17.7. The molecule has 0 amide bonds. The smallest absolute Gasteiger partial charge is 0.161 e. The van der Waals surface area contributed by atoms with Crippen LogP contribution in [0.3, 0.4) is 0 Å². The number of Topliss-reactive ketones (excluding diaryl/α,β-unsaturated/α-hetero) is 1. The lowest BCUT2D eigenvalue weighted by Crippen LogP contribution is -2.51. The highest BCUT2D eigenvalue weighted by Crippen LogP contribution is 2.50. The molecule has 4 nitrogen and oxygen atoms in total. The first-order valence-electron chi connectivity index (χ1n) is 10.2. The van der Waals surface area contributed by atoms with Crippen LogP contribution >= 0.6 is 0 Å². The third-order valence-electron chi connectivity index (χ3n) is 6.43. The normalized spacial score (nSPS) is 31.1. The molecule has 2 aromatic rings. The van der Waals surface area contributed by atoms with E-state index in [0.717, 1.165) is 17.7 Å². The molecule has 1 aliphatic carbocycles. The van der Waals surface area contributed by atoms with E-state index in [1.165, 1.54) is 11.1 Å². The summed E-state index contributed by atoms with van der Waals surface area (Å²) in [4.78, 5) is 13.3. The summed E-state index contributed by atoms with van der Waals surface area (Å²) in [6.45, 7) is 4.38. The Morgan fingerprint density at radius 3 is 2.18 bits per heavy atom. The second kappa shape index (κ2) is 6.57. The summed E-state index contributed by atoms with van der Waals surface area (Å²) in [5.74, 6) is 0.595. The summed E-state index contributed by atoms with van der Waals surface area (Å²) in [5, 5.41) is 3.69. The van der Waals surface area contributed by atoms with Crippen molar-refractivity contribution in [1.29, 1.82) is 0 Å². The van der Waals surface area contributed by atoms with Gasteiger partial charge in [-0.25, -0.2) is 10.9 Å². The van der Waals surface area contributed by atoms with Gasteiger partial charge in [0, 0.05) is 29.5 Å². The zero-order valence-corrected chi connectivity index (χ0v) is 16.4. The molecule has 3 aliphatic rings. The molecule has 2 aliphatic heterocycles. The second-order valence-corrected chi connectivity index (χ2v) is 9.10. The van der Waals surface area contributed by atoms with E-state index in [9.17, 15) is 4.79 Å². The highest BCUT2D eigenvalue weighted by molar-refractivity contribution is 5.99. The summed E-state index contributed by atoms with van der Waals surface area (Å²) >= 11 is 0. The molecule has 5 rings (SSSR count). The van der Waals surface area contributed by atoms with Crippen LogP contribution in [0.1, 0.15) is 49.8 Å². The predicted molar refractivity (Wildman–Crippen MR) is 110 cm³/mol. The SMILES string of the molecule is CC1(C)CC(=O)C2=C(C1)NC1NNC(c3ccccc3)C1C2c1ccccc1. The molecular weight excluding hydrogens is 346 g/mol. The maximum atomic E-state index is 13.3. The number of carbonyl (C=O) groups is 1. The molecule has 0 saturated carbocycles. The van der Waals surface area contributed by atoms with E-state index < -0.39 is 0 Å². The van der Waals surface area contributed by atoms with Crippen molar-refractivity contribution in [3.05, 3.63) is 83.1 Å². The van der Waals surface area contributed by atoms with E-state index in [1.807, 2.05) is 12.1 Å². The van der Waals surface area contributed by atoms with Crippen molar-refractivity contribution in [2.75, 3.05) is 0 Å². The predicted octanol–water partition coefficient (Wildman–Crippen LogP) is 3.81. The van der Waals surface area contributed by atoms with Crippen LogP contribution in [0.2, 0.25) is 0 Å². The topological polar surface area (TPSA) is 53.2 Å². The van der Waals surface area contributed by atoms with Gasteiger partial charge in [-0.3, -0.25) is 4.79 Å². The fourth-order valence-corrected chi connectivity index (χ4v) is 5.30. The van der Waals surface area contributed by atoms with Gasteiger partial charge in [-0.2, -0.15) is 0 Å². The molecule has 1 fully saturated rings. The van der Waals surface area contributed by atoms with Crippen LogP contribution in [0.5, 0.6) is 0 Å². The lowest BCUT2D eigenvalue weighted by Gasteiger charge is -2.44. The minimum atomic E-state index is 0.00184. The zero-order chi connectivity index (χ0) is 19.3. The Morgan fingerprint density at radius 2 is 1.50 bits per heavy atom. The number of hydrogen-bond donors (Lipinski definition) is 3. The largest absolute Gasteiger partial charge is 0.371 e. The van der Waals surface area contributed by atoms with E-state index >= 15 is 0 Å². The van der Waals surface area contributed by atoms with E-state index in [0.29, 0.717) is 12.2 Å². The molecule has 0 bridgehead atoms. The quantitative estimate of drug-likeness (QED) is 0.749. The average Bonchev–Trinajstić information content (AvgIpc) is 3.10. The van der Waals surface area contributed by atoms with Crippen LogP contribution in [-0.4, -0.2) is 11.9 Å². The Hall–Kier alpha value is -2.43. The molecule has 4 unspecified atom stereocenters. The molecule has 2 heterocycles. The number of benzene rings is 2. The maximum Gasteiger partial charge on any atom is 0.161 e.